The van der Waals surface area contributed by atoms with Gasteiger partial charge in [-0.15, -0.1) is 0 Å². The molecule has 1 atom stereocenters. The third-order valence-electron chi connectivity index (χ3n) is 4.23. The molecular formula is C16H19N3O4. The lowest BCUT2D eigenvalue weighted by Crippen LogP contribution is -2.35. The van der Waals surface area contributed by atoms with Crippen molar-refractivity contribution < 1.29 is 14.5 Å². The SMILES string of the molecule is CCN(C[C@H]1CCOC1)C(=O)c1cc2cccc([N+](=O)[O-])c2[nH]1. The summed E-state index contributed by atoms with van der Waals surface area (Å²) in [6, 6.07) is 6.49. The lowest BCUT2D eigenvalue weighted by atomic mass is 10.1. The first-order valence-corrected chi connectivity index (χ1v) is 7.73. The summed E-state index contributed by atoms with van der Waals surface area (Å²) in [6.07, 6.45) is 0.960. The molecule has 1 saturated heterocycles. The summed E-state index contributed by atoms with van der Waals surface area (Å²) < 4.78 is 5.36. The zero-order valence-corrected chi connectivity index (χ0v) is 12.9. The van der Waals surface area contributed by atoms with Crippen molar-refractivity contribution in [2.75, 3.05) is 26.3 Å². The maximum atomic E-state index is 12.7. The Morgan fingerprint density at radius 1 is 1.52 bits per heavy atom. The van der Waals surface area contributed by atoms with Crippen LogP contribution in [0.4, 0.5) is 5.69 Å². The number of nitro groups is 1. The van der Waals surface area contributed by atoms with Crippen molar-refractivity contribution in [2.24, 2.45) is 5.92 Å². The molecule has 0 unspecified atom stereocenters. The van der Waals surface area contributed by atoms with Crippen LogP contribution in [0, 0.1) is 16.0 Å². The van der Waals surface area contributed by atoms with E-state index in [-0.39, 0.29) is 11.6 Å². The standard InChI is InChI=1S/C16H19N3O4/c1-2-18(9-11-6-7-23-10-11)16(20)13-8-12-4-3-5-14(19(21)22)15(12)17-13/h3-5,8,11,17H,2,6-7,9-10H2,1H3/t11-/m1/s1. The molecular weight excluding hydrogens is 298 g/mol. The van der Waals surface area contributed by atoms with Gasteiger partial charge in [-0.1, -0.05) is 12.1 Å². The first-order valence-electron chi connectivity index (χ1n) is 7.73. The number of nitrogens with one attached hydrogen (secondary N) is 1. The van der Waals surface area contributed by atoms with E-state index in [4.69, 9.17) is 4.74 Å². The van der Waals surface area contributed by atoms with Gasteiger partial charge in [-0.25, -0.2) is 0 Å². The van der Waals surface area contributed by atoms with Crippen LogP contribution in [0.2, 0.25) is 0 Å². The molecule has 2 aromatic rings. The fourth-order valence-corrected chi connectivity index (χ4v) is 2.97. The van der Waals surface area contributed by atoms with Crippen LogP contribution >= 0.6 is 0 Å². The first-order chi connectivity index (χ1) is 11.1. The average Bonchev–Trinajstić information content (AvgIpc) is 3.20. The summed E-state index contributed by atoms with van der Waals surface area (Å²) in [4.78, 5) is 28.0. The summed E-state index contributed by atoms with van der Waals surface area (Å²) >= 11 is 0. The Kier molecular flexibility index (Phi) is 4.29. The number of non-ortho nitro benzene ring substituents is 1. The second-order valence-electron chi connectivity index (χ2n) is 5.75. The molecule has 0 saturated carbocycles. The summed E-state index contributed by atoms with van der Waals surface area (Å²) in [7, 11) is 0. The highest BCUT2D eigenvalue weighted by Crippen LogP contribution is 2.26. The van der Waals surface area contributed by atoms with Crippen LogP contribution in [-0.2, 0) is 4.74 Å². The minimum Gasteiger partial charge on any atom is -0.381 e. The molecule has 1 N–H and O–H groups in total. The van der Waals surface area contributed by atoms with Gasteiger partial charge in [0.2, 0.25) is 0 Å². The number of hydrogen-bond acceptors (Lipinski definition) is 4. The summed E-state index contributed by atoms with van der Waals surface area (Å²) in [5, 5.41) is 11.8. The monoisotopic (exact) mass is 317 g/mol. The molecule has 23 heavy (non-hydrogen) atoms. The van der Waals surface area contributed by atoms with Crippen LogP contribution in [0.1, 0.15) is 23.8 Å². The molecule has 0 spiro atoms. The number of hydrogen-bond donors (Lipinski definition) is 1. The van der Waals surface area contributed by atoms with E-state index >= 15 is 0 Å². The predicted octanol–water partition coefficient (Wildman–Crippen LogP) is 2.57. The van der Waals surface area contributed by atoms with E-state index in [1.54, 1.807) is 23.1 Å². The third-order valence-corrected chi connectivity index (χ3v) is 4.23. The van der Waals surface area contributed by atoms with Gasteiger partial charge in [0.1, 0.15) is 11.2 Å². The first kappa shape index (κ1) is 15.5. The van der Waals surface area contributed by atoms with Gasteiger partial charge in [0.05, 0.1) is 11.5 Å². The van der Waals surface area contributed by atoms with Crippen molar-refractivity contribution in [3.05, 3.63) is 40.1 Å². The molecule has 2 heterocycles. The zero-order chi connectivity index (χ0) is 16.4. The van der Waals surface area contributed by atoms with Gasteiger partial charge in [-0.3, -0.25) is 14.9 Å². The minimum absolute atomic E-state index is 0.0196. The number of aromatic amines is 1. The maximum absolute atomic E-state index is 12.7. The van der Waals surface area contributed by atoms with Gasteiger partial charge in [-0.05, 0) is 19.4 Å². The third kappa shape index (κ3) is 3.05. The van der Waals surface area contributed by atoms with Crippen LogP contribution in [0.25, 0.3) is 10.9 Å². The number of rotatable bonds is 5. The largest absolute Gasteiger partial charge is 0.381 e. The molecule has 1 aromatic carbocycles. The Bertz CT molecular complexity index is 734. The van der Waals surface area contributed by atoms with Crippen molar-refractivity contribution in [3.63, 3.8) is 0 Å². The van der Waals surface area contributed by atoms with Crippen LogP contribution in [0.5, 0.6) is 0 Å². The summed E-state index contributed by atoms with van der Waals surface area (Å²) in [6.45, 7) is 4.59. The molecule has 1 fully saturated rings. The topological polar surface area (TPSA) is 88.5 Å². The van der Waals surface area contributed by atoms with Crippen molar-refractivity contribution in [2.45, 2.75) is 13.3 Å². The Hall–Kier alpha value is -2.41. The number of nitro benzene ring substituents is 1. The van der Waals surface area contributed by atoms with Crippen molar-refractivity contribution in [1.29, 1.82) is 0 Å². The zero-order valence-electron chi connectivity index (χ0n) is 12.9. The second kappa shape index (κ2) is 6.37. The fourth-order valence-electron chi connectivity index (χ4n) is 2.97. The number of H-pyrrole nitrogens is 1. The van der Waals surface area contributed by atoms with Gasteiger partial charge in [0.25, 0.3) is 11.6 Å². The molecule has 0 aliphatic carbocycles. The van der Waals surface area contributed by atoms with Crippen LogP contribution in [0.15, 0.2) is 24.3 Å². The Morgan fingerprint density at radius 2 is 2.35 bits per heavy atom. The molecule has 3 rings (SSSR count). The fraction of sp³-hybridized carbons (Fsp3) is 0.438. The van der Waals surface area contributed by atoms with Crippen LogP contribution in [-0.4, -0.2) is 47.0 Å². The smallest absolute Gasteiger partial charge is 0.293 e. The second-order valence-corrected chi connectivity index (χ2v) is 5.75. The van der Waals surface area contributed by atoms with E-state index in [2.05, 4.69) is 4.98 Å². The molecule has 7 nitrogen and oxygen atoms in total. The lowest BCUT2D eigenvalue weighted by Gasteiger charge is -2.23. The van der Waals surface area contributed by atoms with E-state index in [0.717, 1.165) is 13.0 Å². The molecule has 1 aromatic heterocycles. The molecule has 122 valence electrons. The number of nitrogens with zero attached hydrogens (tertiary/aromatic N) is 2. The Morgan fingerprint density at radius 3 is 3.00 bits per heavy atom. The van der Waals surface area contributed by atoms with Crippen LogP contribution in [0.3, 0.4) is 0 Å². The molecule has 0 radical (unpaired) electrons. The van der Waals surface area contributed by atoms with Gasteiger partial charge in [0, 0.05) is 37.1 Å². The molecule has 7 heteroatoms. The van der Waals surface area contributed by atoms with Crippen molar-refractivity contribution in [3.8, 4) is 0 Å². The number of carbonyl (C=O) groups is 1. The number of ether oxygens (including phenoxy) is 1. The number of benzene rings is 1. The molecule has 1 aliphatic heterocycles. The number of aromatic nitrogens is 1. The number of para-hydroxylation sites is 1. The number of amides is 1. The van der Waals surface area contributed by atoms with E-state index in [0.29, 0.717) is 42.2 Å². The summed E-state index contributed by atoms with van der Waals surface area (Å²) in [5.41, 5.74) is 0.755. The van der Waals surface area contributed by atoms with Crippen LogP contribution < -0.4 is 0 Å². The highest BCUT2D eigenvalue weighted by atomic mass is 16.6. The van der Waals surface area contributed by atoms with E-state index in [9.17, 15) is 14.9 Å². The van der Waals surface area contributed by atoms with Crippen molar-refractivity contribution in [1.82, 2.24) is 9.88 Å². The van der Waals surface area contributed by atoms with E-state index in [1.165, 1.54) is 6.07 Å². The predicted molar refractivity (Wildman–Crippen MR) is 85.5 cm³/mol. The minimum atomic E-state index is -0.444. The summed E-state index contributed by atoms with van der Waals surface area (Å²) in [5.74, 6) is 0.225. The number of carbonyl (C=O) groups excluding carboxylic acids is 1. The normalized spacial score (nSPS) is 17.5. The lowest BCUT2D eigenvalue weighted by molar-refractivity contribution is -0.383. The Labute approximate surface area is 133 Å². The highest BCUT2D eigenvalue weighted by Gasteiger charge is 2.24. The molecule has 1 amide bonds. The van der Waals surface area contributed by atoms with Crippen molar-refractivity contribution >= 4 is 22.5 Å². The molecule has 1 aliphatic rings. The maximum Gasteiger partial charge on any atom is 0.293 e. The molecule has 0 bridgehead atoms. The van der Waals surface area contributed by atoms with Gasteiger partial charge >= 0.3 is 0 Å². The average molecular weight is 317 g/mol. The highest BCUT2D eigenvalue weighted by molar-refractivity contribution is 6.00. The van der Waals surface area contributed by atoms with Gasteiger partial charge < -0.3 is 14.6 Å². The number of fused-ring (bicyclic) bond motifs is 1. The quantitative estimate of drug-likeness (QED) is 0.678. The Balaban J connectivity index is 1.87. The van der Waals surface area contributed by atoms with E-state index < -0.39 is 4.92 Å². The van der Waals surface area contributed by atoms with Gasteiger partial charge in [0.15, 0.2) is 0 Å². The van der Waals surface area contributed by atoms with E-state index in [1.807, 2.05) is 6.92 Å². The van der Waals surface area contributed by atoms with Gasteiger partial charge in [-0.2, -0.15) is 0 Å².